The van der Waals surface area contributed by atoms with E-state index in [0.717, 1.165) is 23.5 Å². The summed E-state index contributed by atoms with van der Waals surface area (Å²) in [6, 6.07) is 9.37. The highest BCUT2D eigenvalue weighted by Crippen LogP contribution is 2.20. The fourth-order valence-corrected chi connectivity index (χ4v) is 2.81. The number of aryl methyl sites for hydroxylation is 2. The topological polar surface area (TPSA) is 88.5 Å². The zero-order valence-corrected chi connectivity index (χ0v) is 15.6. The van der Waals surface area contributed by atoms with Crippen molar-refractivity contribution < 1.29 is 4.79 Å². The van der Waals surface area contributed by atoms with Crippen molar-refractivity contribution in [1.82, 2.24) is 25.0 Å². The van der Waals surface area contributed by atoms with Gasteiger partial charge in [0.25, 0.3) is 5.91 Å². The summed E-state index contributed by atoms with van der Waals surface area (Å²) in [6.45, 7) is 8.76. The van der Waals surface area contributed by atoms with Crippen LogP contribution in [-0.2, 0) is 13.0 Å². The first-order chi connectivity index (χ1) is 12.5. The second kappa shape index (κ2) is 7.51. The number of hydrogen-bond acceptors (Lipinski definition) is 4. The normalized spacial score (nSPS) is 11.1. The minimum atomic E-state index is -0.169. The predicted octanol–water partition coefficient (Wildman–Crippen LogP) is 3.45. The molecule has 1 amide bonds. The molecule has 1 aromatic carbocycles. The maximum Gasteiger partial charge on any atom is 0.273 e. The molecule has 26 heavy (non-hydrogen) atoms. The average molecular weight is 352 g/mol. The lowest BCUT2D eigenvalue weighted by Gasteiger charge is -2.07. The van der Waals surface area contributed by atoms with Crippen LogP contribution in [0.1, 0.15) is 42.8 Å². The molecule has 7 heteroatoms. The van der Waals surface area contributed by atoms with Gasteiger partial charge in [0.2, 0.25) is 0 Å². The molecule has 3 aromatic rings. The van der Waals surface area contributed by atoms with Crippen molar-refractivity contribution in [3.05, 3.63) is 47.5 Å². The highest BCUT2D eigenvalue weighted by atomic mass is 16.2. The Morgan fingerprint density at radius 3 is 2.77 bits per heavy atom. The quantitative estimate of drug-likeness (QED) is 0.711. The Labute approximate surface area is 152 Å². The molecule has 3 rings (SSSR count). The summed E-state index contributed by atoms with van der Waals surface area (Å²) in [4.78, 5) is 17.1. The van der Waals surface area contributed by atoms with Crippen LogP contribution >= 0.6 is 0 Å². The molecule has 0 saturated carbocycles. The third-order valence-corrected chi connectivity index (χ3v) is 3.96. The number of anilines is 1. The Hall–Kier alpha value is -2.96. The molecular weight excluding hydrogens is 328 g/mol. The fraction of sp³-hybridized carbons (Fsp3) is 0.368. The van der Waals surface area contributed by atoms with Crippen LogP contribution in [0, 0.1) is 12.8 Å². The number of aromatic amines is 1. The van der Waals surface area contributed by atoms with Crippen molar-refractivity contribution in [3.63, 3.8) is 0 Å². The first-order valence-electron chi connectivity index (χ1n) is 8.83. The molecule has 0 unspecified atom stereocenters. The van der Waals surface area contributed by atoms with Crippen LogP contribution in [-0.4, -0.2) is 30.9 Å². The van der Waals surface area contributed by atoms with Crippen molar-refractivity contribution in [2.24, 2.45) is 5.92 Å². The van der Waals surface area contributed by atoms with Crippen LogP contribution in [0.5, 0.6) is 0 Å². The van der Waals surface area contributed by atoms with Crippen molar-refractivity contribution in [3.8, 4) is 11.4 Å². The number of nitrogens with zero attached hydrogens (tertiary/aromatic N) is 4. The molecular formula is C19H24N6O. The van der Waals surface area contributed by atoms with Crippen LogP contribution < -0.4 is 5.32 Å². The lowest BCUT2D eigenvalue weighted by Crippen LogP contribution is -2.17. The highest BCUT2D eigenvalue weighted by Gasteiger charge is 2.16. The third-order valence-electron chi connectivity index (χ3n) is 3.96. The van der Waals surface area contributed by atoms with Gasteiger partial charge in [-0.15, -0.1) is 0 Å². The summed E-state index contributed by atoms with van der Waals surface area (Å²) in [6.07, 6.45) is 0.854. The molecule has 0 aliphatic heterocycles. The lowest BCUT2D eigenvalue weighted by molar-refractivity contribution is 0.101. The molecule has 0 bridgehead atoms. The van der Waals surface area contributed by atoms with Gasteiger partial charge in [0.05, 0.1) is 5.69 Å². The Balaban J connectivity index is 1.81. The second-order valence-corrected chi connectivity index (χ2v) is 6.71. The third kappa shape index (κ3) is 3.99. The SMILES string of the molecule is CCn1nc(CC(C)C)cc1C(=O)Nc1cccc(-c2n[nH]c(C)n2)c1. The van der Waals surface area contributed by atoms with E-state index in [1.807, 2.05) is 44.2 Å². The monoisotopic (exact) mass is 352 g/mol. The Kier molecular flexibility index (Phi) is 5.16. The van der Waals surface area contributed by atoms with Crippen molar-refractivity contribution >= 4 is 11.6 Å². The molecule has 0 aliphatic rings. The van der Waals surface area contributed by atoms with Crippen molar-refractivity contribution in [1.29, 1.82) is 0 Å². The summed E-state index contributed by atoms with van der Waals surface area (Å²) in [5, 5.41) is 14.5. The van der Waals surface area contributed by atoms with E-state index in [4.69, 9.17) is 0 Å². The van der Waals surface area contributed by atoms with Gasteiger partial charge in [0, 0.05) is 17.8 Å². The van der Waals surface area contributed by atoms with Crippen LogP contribution in [0.25, 0.3) is 11.4 Å². The number of benzene rings is 1. The van der Waals surface area contributed by atoms with Gasteiger partial charge in [-0.1, -0.05) is 26.0 Å². The zero-order chi connectivity index (χ0) is 18.7. The molecule has 2 aromatic heterocycles. The van der Waals surface area contributed by atoms with E-state index in [1.54, 1.807) is 4.68 Å². The fourth-order valence-electron chi connectivity index (χ4n) is 2.81. The van der Waals surface area contributed by atoms with E-state index >= 15 is 0 Å². The van der Waals surface area contributed by atoms with Gasteiger partial charge in [-0.25, -0.2) is 4.98 Å². The standard InChI is InChI=1S/C19H24N6O/c1-5-25-17(11-16(24-25)9-12(2)3)19(26)21-15-8-6-7-14(10-15)18-20-13(4)22-23-18/h6-8,10-12H,5,9H2,1-4H3,(H,21,26)(H,20,22,23). The molecule has 0 saturated heterocycles. The number of hydrogen-bond donors (Lipinski definition) is 2. The minimum Gasteiger partial charge on any atom is -0.321 e. The number of carbonyl (C=O) groups excluding carboxylic acids is 1. The Morgan fingerprint density at radius 1 is 1.31 bits per heavy atom. The smallest absolute Gasteiger partial charge is 0.273 e. The molecule has 0 spiro atoms. The van der Waals surface area contributed by atoms with E-state index in [9.17, 15) is 4.79 Å². The van der Waals surface area contributed by atoms with Gasteiger partial charge in [-0.2, -0.15) is 10.2 Å². The number of carbonyl (C=O) groups is 1. The van der Waals surface area contributed by atoms with Crippen LogP contribution in [0.3, 0.4) is 0 Å². The number of rotatable bonds is 6. The van der Waals surface area contributed by atoms with Crippen LogP contribution in [0.15, 0.2) is 30.3 Å². The first-order valence-corrected chi connectivity index (χ1v) is 8.83. The van der Waals surface area contributed by atoms with Gasteiger partial charge in [0.15, 0.2) is 5.82 Å². The minimum absolute atomic E-state index is 0.169. The van der Waals surface area contributed by atoms with Gasteiger partial charge in [-0.3, -0.25) is 14.6 Å². The largest absolute Gasteiger partial charge is 0.321 e. The maximum absolute atomic E-state index is 12.7. The number of amides is 1. The predicted molar refractivity (Wildman–Crippen MR) is 101 cm³/mol. The maximum atomic E-state index is 12.7. The van der Waals surface area contributed by atoms with Gasteiger partial charge >= 0.3 is 0 Å². The molecule has 136 valence electrons. The van der Waals surface area contributed by atoms with Gasteiger partial charge in [-0.05, 0) is 44.4 Å². The van der Waals surface area contributed by atoms with Crippen LogP contribution in [0.2, 0.25) is 0 Å². The van der Waals surface area contributed by atoms with Crippen molar-refractivity contribution in [2.45, 2.75) is 40.7 Å². The summed E-state index contributed by atoms with van der Waals surface area (Å²) in [7, 11) is 0. The number of nitrogens with one attached hydrogen (secondary N) is 2. The van der Waals surface area contributed by atoms with Gasteiger partial charge in [0.1, 0.15) is 11.5 Å². The van der Waals surface area contributed by atoms with E-state index in [-0.39, 0.29) is 5.91 Å². The van der Waals surface area contributed by atoms with E-state index in [1.165, 1.54) is 0 Å². The summed E-state index contributed by atoms with van der Waals surface area (Å²) >= 11 is 0. The number of aromatic nitrogens is 5. The summed E-state index contributed by atoms with van der Waals surface area (Å²) in [5.41, 5.74) is 3.06. The highest BCUT2D eigenvalue weighted by molar-refractivity contribution is 6.03. The molecule has 0 atom stereocenters. The van der Waals surface area contributed by atoms with E-state index < -0.39 is 0 Å². The molecule has 7 nitrogen and oxygen atoms in total. The molecule has 0 aliphatic carbocycles. The number of H-pyrrole nitrogens is 1. The molecule has 0 radical (unpaired) electrons. The van der Waals surface area contributed by atoms with Crippen LogP contribution in [0.4, 0.5) is 5.69 Å². The van der Waals surface area contributed by atoms with Gasteiger partial charge < -0.3 is 5.32 Å². The second-order valence-electron chi connectivity index (χ2n) is 6.71. The summed E-state index contributed by atoms with van der Waals surface area (Å²) in [5.74, 6) is 1.68. The Morgan fingerprint density at radius 2 is 2.12 bits per heavy atom. The van der Waals surface area contributed by atoms with Crippen molar-refractivity contribution in [2.75, 3.05) is 5.32 Å². The average Bonchev–Trinajstić information content (AvgIpc) is 3.20. The Bertz CT molecular complexity index is 908. The van der Waals surface area contributed by atoms with E-state index in [2.05, 4.69) is 39.4 Å². The lowest BCUT2D eigenvalue weighted by atomic mass is 10.1. The molecule has 0 fully saturated rings. The molecule has 2 heterocycles. The zero-order valence-electron chi connectivity index (χ0n) is 15.6. The molecule has 2 N–H and O–H groups in total. The summed E-state index contributed by atoms with van der Waals surface area (Å²) < 4.78 is 1.75. The first kappa shape index (κ1) is 17.8. The van der Waals surface area contributed by atoms with E-state index in [0.29, 0.717) is 29.7 Å².